The van der Waals surface area contributed by atoms with E-state index in [9.17, 15) is 9.18 Å². The number of carbonyl (C=O) groups is 1. The molecule has 0 aliphatic rings. The Morgan fingerprint density at radius 3 is 2.79 bits per heavy atom. The first-order valence-corrected chi connectivity index (χ1v) is 11.4. The second-order valence-electron chi connectivity index (χ2n) is 7.39. The first-order valence-electron chi connectivity index (χ1n) is 10.6. The highest BCUT2D eigenvalue weighted by Crippen LogP contribution is 2.36. The van der Waals surface area contributed by atoms with E-state index >= 15 is 0 Å². The van der Waals surface area contributed by atoms with Crippen LogP contribution in [0.4, 0.5) is 10.2 Å². The topological polar surface area (TPSA) is 78.3 Å². The van der Waals surface area contributed by atoms with Crippen LogP contribution in [0.5, 0.6) is 11.5 Å². The van der Waals surface area contributed by atoms with Gasteiger partial charge in [0.1, 0.15) is 28.5 Å². The molecule has 0 spiro atoms. The van der Waals surface area contributed by atoms with Crippen LogP contribution in [0.15, 0.2) is 42.7 Å². The molecule has 4 aromatic rings. The average molecular weight is 469 g/mol. The maximum Gasteiger partial charge on any atom is 0.228 e. The van der Waals surface area contributed by atoms with Gasteiger partial charge in [0.2, 0.25) is 6.86 Å². The number of thiophene rings is 1. The zero-order valence-electron chi connectivity index (χ0n) is 18.7. The molecule has 1 N–H and O–H groups in total. The van der Waals surface area contributed by atoms with Crippen molar-refractivity contribution in [2.24, 2.45) is 0 Å². The zero-order valence-corrected chi connectivity index (χ0v) is 19.5. The van der Waals surface area contributed by atoms with Crippen molar-refractivity contribution in [1.29, 1.82) is 0 Å². The number of ketones is 1. The van der Waals surface area contributed by atoms with Gasteiger partial charge in [-0.25, -0.2) is 14.4 Å². The average Bonchev–Trinajstić information content (AvgIpc) is 3.36. The van der Waals surface area contributed by atoms with E-state index in [-0.39, 0.29) is 5.78 Å². The highest BCUT2D eigenvalue weighted by Gasteiger charge is 2.16. The summed E-state index contributed by atoms with van der Waals surface area (Å²) in [4.78, 5) is 22.1. The minimum atomic E-state index is -0.871. The van der Waals surface area contributed by atoms with Gasteiger partial charge in [0, 0.05) is 43.2 Å². The quantitative estimate of drug-likeness (QED) is 0.310. The van der Waals surface area contributed by atoms with Crippen molar-refractivity contribution < 1.29 is 18.7 Å². The Hall–Kier alpha value is -3.46. The summed E-state index contributed by atoms with van der Waals surface area (Å²) in [5.74, 6) is 1.74. The smallest absolute Gasteiger partial charge is 0.228 e. The molecule has 0 radical (unpaired) electrons. The molecule has 0 fully saturated rings. The van der Waals surface area contributed by atoms with Crippen LogP contribution < -0.4 is 14.8 Å². The maximum atomic E-state index is 12.8. The second kappa shape index (κ2) is 9.99. The summed E-state index contributed by atoms with van der Waals surface area (Å²) in [5.41, 5.74) is 2.65. The van der Waals surface area contributed by atoms with Crippen LogP contribution in [0.2, 0.25) is 0 Å². The van der Waals surface area contributed by atoms with E-state index < -0.39 is 6.86 Å². The van der Waals surface area contributed by atoms with Crippen LogP contribution in [-0.2, 0) is 6.54 Å². The number of hydrogen-bond donors (Lipinski definition) is 1. The van der Waals surface area contributed by atoms with Crippen LogP contribution in [0.25, 0.3) is 21.5 Å². The number of aryl methyl sites for hydroxylation is 1. The van der Waals surface area contributed by atoms with E-state index in [1.54, 1.807) is 6.07 Å². The lowest BCUT2D eigenvalue weighted by Crippen LogP contribution is -2.12. The molecule has 3 aromatic heterocycles. The molecule has 4 rings (SSSR count). The van der Waals surface area contributed by atoms with E-state index in [2.05, 4.69) is 25.9 Å². The Bertz CT molecular complexity index is 1280. The number of nitrogens with zero attached hydrogens (tertiary/aromatic N) is 3. The summed E-state index contributed by atoms with van der Waals surface area (Å²) in [6.45, 7) is 6.28. The normalized spacial score (nSPS) is 11.0. The van der Waals surface area contributed by atoms with Crippen molar-refractivity contribution in [2.75, 3.05) is 25.3 Å². The lowest BCUT2D eigenvalue weighted by molar-refractivity contribution is 0.101. The molecule has 0 aliphatic heterocycles. The van der Waals surface area contributed by atoms with Crippen molar-refractivity contribution in [3.63, 3.8) is 0 Å². The van der Waals surface area contributed by atoms with Crippen LogP contribution in [-0.4, -0.2) is 40.3 Å². The summed E-state index contributed by atoms with van der Waals surface area (Å²) in [6.07, 6.45) is 1.49. The number of rotatable bonds is 10. The Morgan fingerprint density at radius 2 is 2.03 bits per heavy atom. The third-order valence-electron chi connectivity index (χ3n) is 5.18. The predicted molar refractivity (Wildman–Crippen MR) is 128 cm³/mol. The Labute approximate surface area is 195 Å². The van der Waals surface area contributed by atoms with Gasteiger partial charge in [-0.3, -0.25) is 4.79 Å². The van der Waals surface area contributed by atoms with E-state index in [0.29, 0.717) is 47.6 Å². The Morgan fingerprint density at radius 1 is 1.18 bits per heavy atom. The third-order valence-corrected chi connectivity index (χ3v) is 6.42. The van der Waals surface area contributed by atoms with E-state index in [1.807, 2.05) is 38.1 Å². The fourth-order valence-electron chi connectivity index (χ4n) is 3.78. The highest BCUT2D eigenvalue weighted by molar-refractivity contribution is 7.17. The monoisotopic (exact) mass is 468 g/mol. The Kier molecular flexibility index (Phi) is 6.88. The fourth-order valence-corrected chi connectivity index (χ4v) is 4.74. The number of para-hydroxylation sites is 1. The number of benzene rings is 1. The van der Waals surface area contributed by atoms with Crippen LogP contribution in [0.3, 0.4) is 0 Å². The summed E-state index contributed by atoms with van der Waals surface area (Å²) >= 11 is 1.36. The summed E-state index contributed by atoms with van der Waals surface area (Å²) < 4.78 is 25.7. The van der Waals surface area contributed by atoms with Crippen molar-refractivity contribution in [2.45, 2.75) is 27.3 Å². The lowest BCUT2D eigenvalue weighted by atomic mass is 10.2. The number of alkyl halides is 1. The maximum absolute atomic E-state index is 12.8. The molecule has 1 aromatic carbocycles. The SMILES string of the molecule is CCOc1cc(-c2cc(NCCn3c(C)cc4cccc(OCF)c43)ncn2)sc1C(C)=O. The molecule has 0 bridgehead atoms. The lowest BCUT2D eigenvalue weighted by Gasteiger charge is -2.12. The van der Waals surface area contributed by atoms with Gasteiger partial charge in [-0.05, 0) is 26.0 Å². The zero-order chi connectivity index (χ0) is 23.4. The standard InChI is InChI=1S/C24H25FN4O3S/c1-4-31-20-12-21(33-24(20)16(3)30)18-11-22(28-14-27-18)26-8-9-29-15(2)10-17-6-5-7-19(23(17)29)32-13-25/h5-7,10-12,14H,4,8-9,13H2,1-3H3,(H,26,27,28). The number of fused-ring (bicyclic) bond motifs is 1. The van der Waals surface area contributed by atoms with Crippen molar-refractivity contribution in [3.05, 3.63) is 53.3 Å². The number of halogens is 1. The molecule has 0 unspecified atom stereocenters. The molecule has 0 atom stereocenters. The summed E-state index contributed by atoms with van der Waals surface area (Å²) in [5, 5.41) is 4.33. The van der Waals surface area contributed by atoms with Gasteiger partial charge in [0.05, 0.1) is 22.7 Å². The largest absolute Gasteiger partial charge is 0.492 e. The molecular formula is C24H25FN4O3S. The number of anilines is 1. The van der Waals surface area contributed by atoms with Crippen molar-refractivity contribution in [3.8, 4) is 22.1 Å². The van der Waals surface area contributed by atoms with E-state index in [0.717, 1.165) is 21.5 Å². The van der Waals surface area contributed by atoms with Gasteiger partial charge in [-0.1, -0.05) is 12.1 Å². The van der Waals surface area contributed by atoms with E-state index in [4.69, 9.17) is 9.47 Å². The molecule has 0 aliphatic carbocycles. The van der Waals surface area contributed by atoms with Gasteiger partial charge >= 0.3 is 0 Å². The van der Waals surface area contributed by atoms with Crippen LogP contribution >= 0.6 is 11.3 Å². The van der Waals surface area contributed by atoms with Crippen molar-refractivity contribution >= 4 is 33.8 Å². The second-order valence-corrected chi connectivity index (χ2v) is 8.45. The first-order chi connectivity index (χ1) is 16.0. The van der Waals surface area contributed by atoms with Gasteiger partial charge in [-0.2, -0.15) is 0 Å². The highest BCUT2D eigenvalue weighted by atomic mass is 32.1. The molecule has 7 nitrogen and oxygen atoms in total. The van der Waals surface area contributed by atoms with Gasteiger partial charge < -0.3 is 19.4 Å². The van der Waals surface area contributed by atoms with Crippen LogP contribution in [0.1, 0.15) is 29.2 Å². The Balaban J connectivity index is 1.51. The number of ether oxygens (including phenoxy) is 2. The number of aromatic nitrogens is 3. The summed E-state index contributed by atoms with van der Waals surface area (Å²) in [6, 6.07) is 11.4. The minimum Gasteiger partial charge on any atom is -0.492 e. The molecule has 0 saturated heterocycles. The van der Waals surface area contributed by atoms with Crippen LogP contribution in [0, 0.1) is 6.92 Å². The molecule has 0 saturated carbocycles. The van der Waals surface area contributed by atoms with Crippen molar-refractivity contribution in [1.82, 2.24) is 14.5 Å². The number of nitrogens with one attached hydrogen (secondary N) is 1. The molecule has 33 heavy (non-hydrogen) atoms. The molecule has 172 valence electrons. The number of hydrogen-bond acceptors (Lipinski definition) is 7. The summed E-state index contributed by atoms with van der Waals surface area (Å²) in [7, 11) is 0. The first kappa shape index (κ1) is 22.7. The minimum absolute atomic E-state index is 0.0347. The molecule has 0 amide bonds. The number of Topliss-reactive ketones (excluding diaryl/α,β-unsaturated/α-hetero) is 1. The molecular weight excluding hydrogens is 443 g/mol. The predicted octanol–water partition coefficient (Wildman–Crippen LogP) is 5.49. The number of carbonyl (C=O) groups excluding carboxylic acids is 1. The fraction of sp³-hybridized carbons (Fsp3) is 0.292. The molecule has 3 heterocycles. The van der Waals surface area contributed by atoms with Gasteiger partial charge in [-0.15, -0.1) is 11.3 Å². The third kappa shape index (κ3) is 4.83. The van der Waals surface area contributed by atoms with Gasteiger partial charge in [0.15, 0.2) is 5.78 Å². The van der Waals surface area contributed by atoms with E-state index in [1.165, 1.54) is 24.6 Å². The van der Waals surface area contributed by atoms with Gasteiger partial charge in [0.25, 0.3) is 0 Å². The molecule has 9 heteroatoms.